The van der Waals surface area contributed by atoms with Gasteiger partial charge in [-0.3, -0.25) is 19.3 Å². The van der Waals surface area contributed by atoms with Gasteiger partial charge in [0.2, 0.25) is 17.7 Å². The largest absolute Gasteiger partial charge is 0.497 e. The lowest BCUT2D eigenvalue weighted by atomic mass is 9.99. The molecule has 6 rings (SSSR count). The Labute approximate surface area is 276 Å². The summed E-state index contributed by atoms with van der Waals surface area (Å²) in [6.07, 6.45) is 0. The fourth-order valence-electron chi connectivity index (χ4n) is 5.88. The smallest absolute Gasteiger partial charge is 0.242 e. The second kappa shape index (κ2) is 13.5. The van der Waals surface area contributed by atoms with Crippen LogP contribution in [0.2, 0.25) is 5.02 Å². The molecule has 0 saturated carbocycles. The van der Waals surface area contributed by atoms with E-state index < -0.39 is 0 Å². The minimum Gasteiger partial charge on any atom is -0.497 e. The standard InChI is InChI=1S/C34H34ClN5O5S/c1-22(41)37-16-18-38(19-17-37)29(42)20-39-30(43)21-46-33(27-6-4-5-7-28(27)45-3)31-32(23-8-10-24(35)11-9-23)36-40(34(31)39)25-12-14-26(44-2)15-13-25/h4-15,33H,16-21H2,1-3H3/t33-/m0/s1. The third kappa shape index (κ3) is 6.17. The fourth-order valence-corrected chi connectivity index (χ4v) is 7.23. The molecule has 3 aromatic carbocycles. The van der Waals surface area contributed by atoms with E-state index in [9.17, 15) is 14.4 Å². The molecular formula is C34H34ClN5O5S. The molecule has 4 aromatic rings. The van der Waals surface area contributed by atoms with Gasteiger partial charge in [0, 0.05) is 54.8 Å². The van der Waals surface area contributed by atoms with E-state index in [0.717, 1.165) is 16.7 Å². The van der Waals surface area contributed by atoms with Crippen molar-refractivity contribution in [2.75, 3.05) is 57.6 Å². The van der Waals surface area contributed by atoms with Gasteiger partial charge in [0.1, 0.15) is 23.9 Å². The van der Waals surface area contributed by atoms with Crippen LogP contribution in [0.15, 0.2) is 72.8 Å². The van der Waals surface area contributed by atoms with E-state index in [2.05, 4.69) is 0 Å². The molecule has 12 heteroatoms. The Kier molecular flexibility index (Phi) is 9.23. The number of carbonyl (C=O) groups excluding carboxylic acids is 3. The summed E-state index contributed by atoms with van der Waals surface area (Å²) in [6, 6.07) is 22.6. The number of anilines is 1. The number of fused-ring (bicyclic) bond motifs is 1. The number of hydrogen-bond donors (Lipinski definition) is 0. The van der Waals surface area contributed by atoms with Gasteiger partial charge >= 0.3 is 0 Å². The van der Waals surface area contributed by atoms with E-state index in [0.29, 0.717) is 59.9 Å². The number of carbonyl (C=O) groups is 3. The molecule has 238 valence electrons. The average Bonchev–Trinajstić information content (AvgIpc) is 3.41. The Morgan fingerprint density at radius 3 is 2.24 bits per heavy atom. The summed E-state index contributed by atoms with van der Waals surface area (Å²) in [6.45, 7) is 3.07. The first-order valence-electron chi connectivity index (χ1n) is 14.9. The van der Waals surface area contributed by atoms with Crippen LogP contribution in [0.5, 0.6) is 11.5 Å². The highest BCUT2D eigenvalue weighted by Gasteiger charge is 2.39. The number of halogens is 1. The van der Waals surface area contributed by atoms with Gasteiger partial charge in [-0.1, -0.05) is 41.9 Å². The van der Waals surface area contributed by atoms with Crippen molar-refractivity contribution in [3.05, 3.63) is 88.9 Å². The molecule has 10 nitrogen and oxygen atoms in total. The van der Waals surface area contributed by atoms with Crippen LogP contribution in [0, 0.1) is 0 Å². The van der Waals surface area contributed by atoms with Crippen molar-refractivity contribution in [1.82, 2.24) is 19.6 Å². The quantitative estimate of drug-likeness (QED) is 0.273. The molecule has 2 aliphatic heterocycles. The second-order valence-corrected chi connectivity index (χ2v) is 12.5. The van der Waals surface area contributed by atoms with E-state index in [1.165, 1.54) is 18.7 Å². The molecule has 0 spiro atoms. The number of nitrogens with zero attached hydrogens (tertiary/aromatic N) is 5. The Morgan fingerprint density at radius 1 is 0.913 bits per heavy atom. The Bertz CT molecular complexity index is 1750. The average molecular weight is 660 g/mol. The third-order valence-electron chi connectivity index (χ3n) is 8.32. The van der Waals surface area contributed by atoms with E-state index >= 15 is 0 Å². The summed E-state index contributed by atoms with van der Waals surface area (Å²) in [5.74, 6) is 1.58. The molecule has 1 atom stereocenters. The number of aromatic nitrogens is 2. The minimum atomic E-state index is -0.355. The fraction of sp³-hybridized carbons (Fsp3) is 0.294. The highest BCUT2D eigenvalue weighted by Crippen LogP contribution is 2.50. The van der Waals surface area contributed by atoms with E-state index in [1.54, 1.807) is 33.6 Å². The van der Waals surface area contributed by atoms with E-state index in [-0.39, 0.29) is 35.3 Å². The van der Waals surface area contributed by atoms with E-state index in [1.807, 2.05) is 72.8 Å². The number of benzene rings is 3. The van der Waals surface area contributed by atoms with Crippen molar-refractivity contribution in [1.29, 1.82) is 0 Å². The number of ether oxygens (including phenoxy) is 2. The minimum absolute atomic E-state index is 0.0167. The predicted octanol–water partition coefficient (Wildman–Crippen LogP) is 5.07. The van der Waals surface area contributed by atoms with Crippen LogP contribution < -0.4 is 14.4 Å². The second-order valence-electron chi connectivity index (χ2n) is 11.0. The van der Waals surface area contributed by atoms with Gasteiger partial charge in [-0.2, -0.15) is 5.10 Å². The van der Waals surface area contributed by atoms with Gasteiger partial charge in [0.05, 0.1) is 36.6 Å². The van der Waals surface area contributed by atoms with Crippen LogP contribution >= 0.6 is 23.4 Å². The number of para-hydroxylation sites is 1. The number of amides is 3. The lowest BCUT2D eigenvalue weighted by Crippen LogP contribution is -2.53. The monoisotopic (exact) mass is 659 g/mol. The highest BCUT2D eigenvalue weighted by molar-refractivity contribution is 8.00. The number of methoxy groups -OCH3 is 2. The van der Waals surface area contributed by atoms with Gasteiger partial charge in [-0.05, 0) is 42.5 Å². The first-order chi connectivity index (χ1) is 22.3. The summed E-state index contributed by atoms with van der Waals surface area (Å²) < 4.78 is 12.9. The van der Waals surface area contributed by atoms with Crippen LogP contribution in [-0.4, -0.2) is 90.0 Å². The summed E-state index contributed by atoms with van der Waals surface area (Å²) in [5, 5.41) is 5.38. The van der Waals surface area contributed by atoms with Crippen LogP contribution in [0.4, 0.5) is 5.82 Å². The molecule has 0 N–H and O–H groups in total. The zero-order valence-electron chi connectivity index (χ0n) is 25.8. The first kappa shape index (κ1) is 31.5. The molecule has 1 aromatic heterocycles. The van der Waals surface area contributed by atoms with Gasteiger partial charge in [0.15, 0.2) is 0 Å². The Balaban J connectivity index is 1.54. The summed E-state index contributed by atoms with van der Waals surface area (Å²) in [5.41, 5.74) is 3.85. The van der Waals surface area contributed by atoms with Crippen LogP contribution in [0.3, 0.4) is 0 Å². The molecule has 2 aliphatic rings. The predicted molar refractivity (Wildman–Crippen MR) is 179 cm³/mol. The SMILES string of the molecule is COc1ccc(-n2nc(-c3ccc(Cl)cc3)c3c2N(CC(=O)N2CCN(C(C)=O)CC2)C(=O)CS[C@H]3c2ccccc2OC)cc1. The summed E-state index contributed by atoms with van der Waals surface area (Å²) in [7, 11) is 3.23. The topological polar surface area (TPSA) is 97.2 Å². The zero-order valence-corrected chi connectivity index (χ0v) is 27.4. The van der Waals surface area contributed by atoms with Gasteiger partial charge in [-0.25, -0.2) is 4.68 Å². The maximum absolute atomic E-state index is 14.1. The van der Waals surface area contributed by atoms with Crippen molar-refractivity contribution in [2.24, 2.45) is 0 Å². The molecule has 0 unspecified atom stereocenters. The Morgan fingerprint density at radius 2 is 1.59 bits per heavy atom. The molecule has 1 fully saturated rings. The van der Waals surface area contributed by atoms with Crippen molar-refractivity contribution in [2.45, 2.75) is 12.2 Å². The highest BCUT2D eigenvalue weighted by atomic mass is 35.5. The van der Waals surface area contributed by atoms with Crippen LogP contribution in [0.1, 0.15) is 23.3 Å². The summed E-state index contributed by atoms with van der Waals surface area (Å²) in [4.78, 5) is 44.9. The number of piperazine rings is 1. The summed E-state index contributed by atoms with van der Waals surface area (Å²) >= 11 is 7.76. The number of thioether (sulfide) groups is 1. The van der Waals surface area contributed by atoms with Crippen LogP contribution in [-0.2, 0) is 14.4 Å². The molecule has 0 radical (unpaired) electrons. The van der Waals surface area contributed by atoms with Crippen molar-refractivity contribution >= 4 is 46.9 Å². The number of rotatable bonds is 7. The lowest BCUT2D eigenvalue weighted by molar-refractivity contribution is -0.137. The molecule has 0 bridgehead atoms. The number of hydrogen-bond acceptors (Lipinski definition) is 7. The van der Waals surface area contributed by atoms with Crippen LogP contribution in [0.25, 0.3) is 16.9 Å². The Hall–Kier alpha value is -4.48. The third-order valence-corrected chi connectivity index (χ3v) is 9.80. The maximum atomic E-state index is 14.1. The molecule has 3 amide bonds. The lowest BCUT2D eigenvalue weighted by Gasteiger charge is -2.35. The molecule has 0 aliphatic carbocycles. The zero-order chi connectivity index (χ0) is 32.4. The molecule has 3 heterocycles. The van der Waals surface area contributed by atoms with E-state index in [4.69, 9.17) is 26.2 Å². The molecular weight excluding hydrogens is 626 g/mol. The van der Waals surface area contributed by atoms with Gasteiger partial charge in [-0.15, -0.1) is 11.8 Å². The van der Waals surface area contributed by atoms with Gasteiger partial charge in [0.25, 0.3) is 0 Å². The van der Waals surface area contributed by atoms with Gasteiger partial charge < -0.3 is 19.3 Å². The van der Waals surface area contributed by atoms with Crippen molar-refractivity contribution < 1.29 is 23.9 Å². The molecule has 1 saturated heterocycles. The van der Waals surface area contributed by atoms with Crippen molar-refractivity contribution in [3.8, 4) is 28.4 Å². The molecule has 46 heavy (non-hydrogen) atoms. The maximum Gasteiger partial charge on any atom is 0.242 e. The first-order valence-corrected chi connectivity index (χ1v) is 16.3. The normalized spacial score (nSPS) is 16.6. The van der Waals surface area contributed by atoms with Crippen molar-refractivity contribution in [3.63, 3.8) is 0 Å².